The number of methoxy groups -OCH3 is 1. The molecule has 1 saturated heterocycles. The van der Waals surface area contributed by atoms with E-state index in [1.165, 1.54) is 12.0 Å². The van der Waals surface area contributed by atoms with Gasteiger partial charge in [0.25, 0.3) is 0 Å². The van der Waals surface area contributed by atoms with E-state index in [-0.39, 0.29) is 18.1 Å². The first-order valence-electron chi connectivity index (χ1n) is 5.12. The van der Waals surface area contributed by atoms with Gasteiger partial charge in [-0.05, 0) is 12.8 Å². The van der Waals surface area contributed by atoms with Crippen LogP contribution in [-0.4, -0.2) is 48.1 Å². The zero-order valence-electron chi connectivity index (χ0n) is 9.14. The summed E-state index contributed by atoms with van der Waals surface area (Å²) in [6, 6.07) is 0. The molecule has 1 heterocycles. The SMILES string of the molecule is COC(=O)CC(=O)C1CCN(C(=O)O)CC1. The Morgan fingerprint density at radius 3 is 2.31 bits per heavy atom. The molecule has 0 aliphatic carbocycles. The standard InChI is InChI=1S/C10H15NO5/c1-16-9(13)6-8(12)7-2-4-11(5-3-7)10(14)15/h7H,2-6H2,1H3,(H,14,15). The van der Waals surface area contributed by atoms with E-state index in [2.05, 4.69) is 4.74 Å². The predicted octanol–water partition coefficient (Wildman–Crippen LogP) is 0.509. The number of likely N-dealkylation sites (tertiary alicyclic amines) is 1. The lowest BCUT2D eigenvalue weighted by atomic mass is 9.91. The first-order chi connectivity index (χ1) is 7.54. The summed E-state index contributed by atoms with van der Waals surface area (Å²) in [7, 11) is 1.24. The fourth-order valence-corrected chi connectivity index (χ4v) is 1.75. The molecule has 0 atom stereocenters. The summed E-state index contributed by atoms with van der Waals surface area (Å²) in [4.78, 5) is 34.4. The van der Waals surface area contributed by atoms with Gasteiger partial charge < -0.3 is 14.7 Å². The van der Waals surface area contributed by atoms with Gasteiger partial charge in [-0.2, -0.15) is 0 Å². The van der Waals surface area contributed by atoms with Gasteiger partial charge in [-0.25, -0.2) is 4.79 Å². The highest BCUT2D eigenvalue weighted by Crippen LogP contribution is 2.19. The van der Waals surface area contributed by atoms with Crippen molar-refractivity contribution in [3.05, 3.63) is 0 Å². The van der Waals surface area contributed by atoms with Crippen molar-refractivity contribution in [2.24, 2.45) is 5.92 Å². The van der Waals surface area contributed by atoms with E-state index in [9.17, 15) is 14.4 Å². The molecule has 1 rings (SSSR count). The summed E-state index contributed by atoms with van der Waals surface area (Å²) in [5.41, 5.74) is 0. The Bertz CT molecular complexity index is 294. The van der Waals surface area contributed by atoms with Crippen LogP contribution in [0.25, 0.3) is 0 Å². The van der Waals surface area contributed by atoms with E-state index in [0.717, 1.165) is 0 Å². The number of hydrogen-bond acceptors (Lipinski definition) is 4. The van der Waals surface area contributed by atoms with Gasteiger partial charge in [0.1, 0.15) is 12.2 Å². The molecular formula is C10H15NO5. The molecule has 0 saturated carbocycles. The molecule has 0 aromatic heterocycles. The zero-order valence-corrected chi connectivity index (χ0v) is 9.14. The second-order valence-electron chi connectivity index (χ2n) is 3.76. The third-order valence-corrected chi connectivity index (χ3v) is 2.77. The van der Waals surface area contributed by atoms with Gasteiger partial charge in [0.15, 0.2) is 0 Å². The van der Waals surface area contributed by atoms with Crippen LogP contribution in [0.5, 0.6) is 0 Å². The van der Waals surface area contributed by atoms with Crippen LogP contribution in [0.3, 0.4) is 0 Å². The average Bonchev–Trinajstić information content (AvgIpc) is 2.28. The molecule has 0 spiro atoms. The Hall–Kier alpha value is -1.59. The number of hydrogen-bond donors (Lipinski definition) is 1. The number of esters is 1. The quantitative estimate of drug-likeness (QED) is 0.563. The lowest BCUT2D eigenvalue weighted by Crippen LogP contribution is -2.39. The summed E-state index contributed by atoms with van der Waals surface area (Å²) in [6.07, 6.45) is -0.197. The summed E-state index contributed by atoms with van der Waals surface area (Å²) >= 11 is 0. The molecular weight excluding hydrogens is 214 g/mol. The Morgan fingerprint density at radius 2 is 1.88 bits per heavy atom. The fraction of sp³-hybridized carbons (Fsp3) is 0.700. The Morgan fingerprint density at radius 1 is 1.31 bits per heavy atom. The van der Waals surface area contributed by atoms with Gasteiger partial charge in [-0.3, -0.25) is 9.59 Å². The molecule has 1 fully saturated rings. The fourth-order valence-electron chi connectivity index (χ4n) is 1.75. The number of carboxylic acid groups (broad SMARTS) is 1. The third kappa shape index (κ3) is 3.22. The molecule has 1 N–H and O–H groups in total. The van der Waals surface area contributed by atoms with Crippen LogP contribution in [0.4, 0.5) is 4.79 Å². The van der Waals surface area contributed by atoms with Crippen molar-refractivity contribution in [3.63, 3.8) is 0 Å². The smallest absolute Gasteiger partial charge is 0.407 e. The molecule has 0 aromatic carbocycles. The molecule has 0 unspecified atom stereocenters. The number of nitrogens with zero attached hydrogens (tertiary/aromatic N) is 1. The minimum absolute atomic E-state index is 0.156. The molecule has 16 heavy (non-hydrogen) atoms. The van der Waals surface area contributed by atoms with Gasteiger partial charge in [-0.15, -0.1) is 0 Å². The minimum Gasteiger partial charge on any atom is -0.469 e. The molecule has 6 heteroatoms. The number of carbonyl (C=O) groups excluding carboxylic acids is 2. The number of amides is 1. The van der Waals surface area contributed by atoms with Crippen LogP contribution >= 0.6 is 0 Å². The Labute approximate surface area is 93.2 Å². The number of rotatable bonds is 3. The first kappa shape index (κ1) is 12.5. The van der Waals surface area contributed by atoms with Crippen molar-refractivity contribution >= 4 is 17.8 Å². The van der Waals surface area contributed by atoms with Crippen molar-refractivity contribution in [2.75, 3.05) is 20.2 Å². The van der Waals surface area contributed by atoms with Gasteiger partial charge >= 0.3 is 12.1 Å². The van der Waals surface area contributed by atoms with Crippen LogP contribution < -0.4 is 0 Å². The van der Waals surface area contributed by atoms with Crippen molar-refractivity contribution in [3.8, 4) is 0 Å². The molecule has 0 radical (unpaired) electrons. The summed E-state index contributed by atoms with van der Waals surface area (Å²) in [5, 5.41) is 8.71. The number of carbonyl (C=O) groups is 3. The largest absolute Gasteiger partial charge is 0.469 e. The van der Waals surface area contributed by atoms with E-state index in [1.807, 2.05) is 0 Å². The summed E-state index contributed by atoms with van der Waals surface area (Å²) in [5.74, 6) is -0.905. The highest BCUT2D eigenvalue weighted by atomic mass is 16.5. The van der Waals surface area contributed by atoms with E-state index >= 15 is 0 Å². The Kier molecular flexibility index (Phi) is 4.28. The normalized spacial score (nSPS) is 16.9. The average molecular weight is 229 g/mol. The van der Waals surface area contributed by atoms with Gasteiger partial charge in [0, 0.05) is 19.0 Å². The first-order valence-corrected chi connectivity index (χ1v) is 5.12. The molecule has 1 aliphatic rings. The maximum absolute atomic E-state index is 11.6. The molecule has 1 aliphatic heterocycles. The molecule has 6 nitrogen and oxygen atoms in total. The molecule has 0 aromatic rings. The van der Waals surface area contributed by atoms with Gasteiger partial charge in [0.2, 0.25) is 0 Å². The maximum atomic E-state index is 11.6. The predicted molar refractivity (Wildman–Crippen MR) is 54.0 cm³/mol. The van der Waals surface area contributed by atoms with Crippen molar-refractivity contribution in [1.82, 2.24) is 4.90 Å². The van der Waals surface area contributed by atoms with E-state index in [0.29, 0.717) is 25.9 Å². The monoisotopic (exact) mass is 229 g/mol. The molecule has 90 valence electrons. The lowest BCUT2D eigenvalue weighted by molar-refractivity contribution is -0.144. The second kappa shape index (κ2) is 5.48. The highest BCUT2D eigenvalue weighted by Gasteiger charge is 2.28. The zero-order chi connectivity index (χ0) is 12.1. The van der Waals surface area contributed by atoms with Crippen molar-refractivity contribution < 1.29 is 24.2 Å². The van der Waals surface area contributed by atoms with E-state index in [4.69, 9.17) is 5.11 Å². The van der Waals surface area contributed by atoms with Crippen LogP contribution in [-0.2, 0) is 14.3 Å². The lowest BCUT2D eigenvalue weighted by Gasteiger charge is -2.28. The topological polar surface area (TPSA) is 83.9 Å². The van der Waals surface area contributed by atoms with Crippen LogP contribution in [0, 0.1) is 5.92 Å². The number of Topliss-reactive ketones (excluding diaryl/α,β-unsaturated/α-hetero) is 1. The third-order valence-electron chi connectivity index (χ3n) is 2.77. The highest BCUT2D eigenvalue weighted by molar-refractivity contribution is 5.96. The maximum Gasteiger partial charge on any atom is 0.407 e. The minimum atomic E-state index is -0.959. The number of ketones is 1. The number of ether oxygens (including phenoxy) is 1. The van der Waals surface area contributed by atoms with Crippen molar-refractivity contribution in [1.29, 1.82) is 0 Å². The van der Waals surface area contributed by atoms with E-state index in [1.54, 1.807) is 0 Å². The van der Waals surface area contributed by atoms with Gasteiger partial charge in [-0.1, -0.05) is 0 Å². The second-order valence-corrected chi connectivity index (χ2v) is 3.76. The van der Waals surface area contributed by atoms with Crippen molar-refractivity contribution in [2.45, 2.75) is 19.3 Å². The van der Waals surface area contributed by atoms with E-state index < -0.39 is 12.1 Å². The Balaban J connectivity index is 2.38. The molecule has 0 bridgehead atoms. The van der Waals surface area contributed by atoms with Crippen LogP contribution in [0.15, 0.2) is 0 Å². The number of piperidine rings is 1. The van der Waals surface area contributed by atoms with Crippen LogP contribution in [0.2, 0.25) is 0 Å². The summed E-state index contributed by atoms with van der Waals surface area (Å²) in [6.45, 7) is 0.708. The van der Waals surface area contributed by atoms with Crippen LogP contribution in [0.1, 0.15) is 19.3 Å². The van der Waals surface area contributed by atoms with Gasteiger partial charge in [0.05, 0.1) is 7.11 Å². The summed E-state index contributed by atoms with van der Waals surface area (Å²) < 4.78 is 4.41. The molecule has 1 amide bonds.